The van der Waals surface area contributed by atoms with E-state index in [0.717, 1.165) is 11.1 Å². The summed E-state index contributed by atoms with van der Waals surface area (Å²) in [5, 5.41) is 11.7. The summed E-state index contributed by atoms with van der Waals surface area (Å²) in [6.45, 7) is 1.77. The average molecular weight is 174 g/mol. The molecule has 2 heterocycles. The third kappa shape index (κ3) is 1.28. The summed E-state index contributed by atoms with van der Waals surface area (Å²) in [6.07, 6.45) is 3.90. The average Bonchev–Trinajstić information content (AvgIpc) is 2.59. The number of oxime groups is 1. The van der Waals surface area contributed by atoms with Crippen LogP contribution in [0.3, 0.4) is 0 Å². The number of hydrogen-bond acceptors (Lipinski definition) is 2. The molecule has 0 bridgehead atoms. The van der Waals surface area contributed by atoms with Gasteiger partial charge < -0.3 is 9.61 Å². The Morgan fingerprint density at radius 1 is 1.46 bits per heavy atom. The molecule has 0 fully saturated rings. The van der Waals surface area contributed by atoms with Gasteiger partial charge in [-0.05, 0) is 25.1 Å². The van der Waals surface area contributed by atoms with E-state index in [9.17, 15) is 0 Å². The molecule has 0 aliphatic carbocycles. The molecule has 2 aromatic heterocycles. The van der Waals surface area contributed by atoms with E-state index in [-0.39, 0.29) is 0 Å². The molecule has 0 aliphatic heterocycles. The van der Waals surface area contributed by atoms with Gasteiger partial charge in [0, 0.05) is 23.5 Å². The summed E-state index contributed by atoms with van der Waals surface area (Å²) in [5.74, 6) is 0. The summed E-state index contributed by atoms with van der Waals surface area (Å²) in [7, 11) is 0. The largest absolute Gasteiger partial charge is 0.411 e. The van der Waals surface area contributed by atoms with Crippen molar-refractivity contribution in [1.82, 2.24) is 4.40 Å². The van der Waals surface area contributed by atoms with E-state index in [1.807, 2.05) is 41.1 Å². The highest BCUT2D eigenvalue weighted by Gasteiger charge is 2.01. The SMILES string of the molecule is C/C(=N/O)c1cc2ccccn2c1. The minimum atomic E-state index is 0.628. The van der Waals surface area contributed by atoms with E-state index in [1.165, 1.54) is 0 Å². The Hall–Kier alpha value is -1.77. The fraction of sp³-hybridized carbons (Fsp3) is 0.100. The Kier molecular flexibility index (Phi) is 1.77. The second kappa shape index (κ2) is 2.94. The zero-order chi connectivity index (χ0) is 9.26. The fourth-order valence-corrected chi connectivity index (χ4v) is 1.31. The minimum absolute atomic E-state index is 0.628. The molecular formula is C10H10N2O. The zero-order valence-electron chi connectivity index (χ0n) is 7.31. The lowest BCUT2D eigenvalue weighted by molar-refractivity contribution is 0.319. The van der Waals surface area contributed by atoms with E-state index in [0.29, 0.717) is 5.71 Å². The summed E-state index contributed by atoms with van der Waals surface area (Å²) < 4.78 is 1.99. The van der Waals surface area contributed by atoms with Crippen LogP contribution in [0.1, 0.15) is 12.5 Å². The van der Waals surface area contributed by atoms with Gasteiger partial charge in [-0.15, -0.1) is 0 Å². The van der Waals surface area contributed by atoms with Crippen molar-refractivity contribution in [2.24, 2.45) is 5.16 Å². The van der Waals surface area contributed by atoms with Crippen LogP contribution in [-0.4, -0.2) is 15.3 Å². The molecule has 3 nitrogen and oxygen atoms in total. The van der Waals surface area contributed by atoms with Gasteiger partial charge in [0.1, 0.15) is 0 Å². The second-order valence-electron chi connectivity index (χ2n) is 2.95. The lowest BCUT2D eigenvalue weighted by atomic mass is 10.2. The van der Waals surface area contributed by atoms with Crippen LogP contribution in [-0.2, 0) is 0 Å². The molecule has 66 valence electrons. The lowest BCUT2D eigenvalue weighted by Crippen LogP contribution is -1.90. The van der Waals surface area contributed by atoms with Crippen LogP contribution in [0.5, 0.6) is 0 Å². The Morgan fingerprint density at radius 2 is 2.31 bits per heavy atom. The van der Waals surface area contributed by atoms with Gasteiger partial charge in [0.15, 0.2) is 0 Å². The number of rotatable bonds is 1. The first-order chi connectivity index (χ1) is 6.31. The van der Waals surface area contributed by atoms with Gasteiger partial charge in [-0.25, -0.2) is 0 Å². The first-order valence-electron chi connectivity index (χ1n) is 4.07. The zero-order valence-corrected chi connectivity index (χ0v) is 7.31. The number of pyridine rings is 1. The predicted molar refractivity (Wildman–Crippen MR) is 51.4 cm³/mol. The van der Waals surface area contributed by atoms with Crippen LogP contribution in [0.2, 0.25) is 0 Å². The molecule has 0 aliphatic rings. The maximum Gasteiger partial charge on any atom is 0.0852 e. The molecule has 3 heteroatoms. The first-order valence-corrected chi connectivity index (χ1v) is 4.07. The molecule has 2 rings (SSSR count). The maximum atomic E-state index is 8.59. The van der Waals surface area contributed by atoms with Crippen molar-refractivity contribution in [3.63, 3.8) is 0 Å². The molecule has 0 aromatic carbocycles. The van der Waals surface area contributed by atoms with E-state index < -0.39 is 0 Å². The molecule has 0 atom stereocenters. The Bertz CT molecular complexity index is 424. The summed E-state index contributed by atoms with van der Waals surface area (Å²) >= 11 is 0. The van der Waals surface area contributed by atoms with Crippen molar-refractivity contribution in [2.45, 2.75) is 6.92 Å². The third-order valence-electron chi connectivity index (χ3n) is 2.07. The van der Waals surface area contributed by atoms with Crippen molar-refractivity contribution in [1.29, 1.82) is 0 Å². The highest BCUT2D eigenvalue weighted by molar-refractivity contribution is 5.99. The quantitative estimate of drug-likeness (QED) is 0.401. The smallest absolute Gasteiger partial charge is 0.0852 e. The van der Waals surface area contributed by atoms with Crippen LogP contribution < -0.4 is 0 Å². The summed E-state index contributed by atoms with van der Waals surface area (Å²) in [5.41, 5.74) is 2.66. The standard InChI is InChI=1S/C10H10N2O/c1-8(11-13)9-6-10-4-2-3-5-12(10)7-9/h2-7,13H,1H3/b11-8-. The van der Waals surface area contributed by atoms with Crippen molar-refractivity contribution in [2.75, 3.05) is 0 Å². The van der Waals surface area contributed by atoms with Gasteiger partial charge in [-0.3, -0.25) is 0 Å². The number of aromatic nitrogens is 1. The van der Waals surface area contributed by atoms with Crippen LogP contribution >= 0.6 is 0 Å². The van der Waals surface area contributed by atoms with Crippen molar-refractivity contribution in [3.05, 3.63) is 42.2 Å². The topological polar surface area (TPSA) is 37.0 Å². The fourth-order valence-electron chi connectivity index (χ4n) is 1.31. The molecule has 0 radical (unpaired) electrons. The number of nitrogens with zero attached hydrogens (tertiary/aromatic N) is 2. The Balaban J connectivity index is 2.62. The van der Waals surface area contributed by atoms with Crippen molar-refractivity contribution >= 4 is 11.2 Å². The van der Waals surface area contributed by atoms with Crippen LogP contribution in [0, 0.1) is 0 Å². The lowest BCUT2D eigenvalue weighted by Gasteiger charge is -1.89. The van der Waals surface area contributed by atoms with Gasteiger partial charge >= 0.3 is 0 Å². The minimum Gasteiger partial charge on any atom is -0.411 e. The molecule has 0 saturated carbocycles. The van der Waals surface area contributed by atoms with E-state index in [1.54, 1.807) is 6.92 Å². The molecular weight excluding hydrogens is 164 g/mol. The van der Waals surface area contributed by atoms with Crippen molar-refractivity contribution in [3.8, 4) is 0 Å². The highest BCUT2D eigenvalue weighted by Crippen LogP contribution is 2.10. The molecule has 0 unspecified atom stereocenters. The molecule has 1 N–H and O–H groups in total. The van der Waals surface area contributed by atoms with Gasteiger partial charge in [0.05, 0.1) is 5.71 Å². The van der Waals surface area contributed by atoms with Crippen LogP contribution in [0.4, 0.5) is 0 Å². The molecule has 2 aromatic rings. The number of fused-ring (bicyclic) bond motifs is 1. The maximum absolute atomic E-state index is 8.59. The van der Waals surface area contributed by atoms with Crippen LogP contribution in [0.25, 0.3) is 5.52 Å². The number of hydrogen-bond donors (Lipinski definition) is 1. The van der Waals surface area contributed by atoms with E-state index in [2.05, 4.69) is 5.16 Å². The third-order valence-corrected chi connectivity index (χ3v) is 2.07. The van der Waals surface area contributed by atoms with Gasteiger partial charge in [-0.1, -0.05) is 11.2 Å². The molecule has 13 heavy (non-hydrogen) atoms. The van der Waals surface area contributed by atoms with E-state index >= 15 is 0 Å². The van der Waals surface area contributed by atoms with Gasteiger partial charge in [-0.2, -0.15) is 0 Å². The van der Waals surface area contributed by atoms with Gasteiger partial charge in [0.2, 0.25) is 0 Å². The monoisotopic (exact) mass is 174 g/mol. The molecule has 0 spiro atoms. The molecule has 0 amide bonds. The second-order valence-corrected chi connectivity index (χ2v) is 2.95. The Morgan fingerprint density at radius 3 is 3.00 bits per heavy atom. The highest BCUT2D eigenvalue weighted by atomic mass is 16.4. The molecule has 0 saturated heterocycles. The predicted octanol–water partition coefficient (Wildman–Crippen LogP) is 2.14. The summed E-state index contributed by atoms with van der Waals surface area (Å²) in [6, 6.07) is 7.93. The Labute approximate surface area is 75.9 Å². The normalized spacial score (nSPS) is 12.2. The van der Waals surface area contributed by atoms with E-state index in [4.69, 9.17) is 5.21 Å². The van der Waals surface area contributed by atoms with Crippen LogP contribution in [0.15, 0.2) is 41.8 Å². The van der Waals surface area contributed by atoms with Gasteiger partial charge in [0.25, 0.3) is 0 Å². The first kappa shape index (κ1) is 7.86. The van der Waals surface area contributed by atoms with Crippen molar-refractivity contribution < 1.29 is 5.21 Å². The summed E-state index contributed by atoms with van der Waals surface area (Å²) in [4.78, 5) is 0.